The third kappa shape index (κ3) is 36.7. The molecule has 0 bridgehead atoms. The number of hydrogen-bond acceptors (Lipinski definition) is 5. The molecule has 4 atom stereocenters. The smallest absolute Gasteiger partial charge is 0.249 e. The van der Waals surface area contributed by atoms with Crippen LogP contribution >= 0.6 is 0 Å². The maximum absolute atomic E-state index is 12.5. The predicted molar refractivity (Wildman–Crippen MR) is 233 cm³/mol. The van der Waals surface area contributed by atoms with Crippen molar-refractivity contribution < 1.29 is 25.2 Å². The van der Waals surface area contributed by atoms with Gasteiger partial charge in [0.15, 0.2) is 0 Å². The van der Waals surface area contributed by atoms with Crippen molar-refractivity contribution in [3.63, 3.8) is 0 Å². The Hall–Kier alpha value is -0.950. The number of hydrogen-bond donors (Lipinski definition) is 5. The molecule has 0 aliphatic carbocycles. The number of rotatable bonds is 44. The van der Waals surface area contributed by atoms with Gasteiger partial charge in [-0.15, -0.1) is 0 Å². The van der Waals surface area contributed by atoms with E-state index in [1.54, 1.807) is 0 Å². The van der Waals surface area contributed by atoms with E-state index in [9.17, 15) is 25.2 Å². The average molecular weight is 766 g/mol. The van der Waals surface area contributed by atoms with Crippen LogP contribution in [0.15, 0.2) is 12.2 Å². The molecule has 0 aromatic carbocycles. The summed E-state index contributed by atoms with van der Waals surface area (Å²) in [6, 6.07) is -0.984. The lowest BCUT2D eigenvalue weighted by Gasteiger charge is -2.27. The zero-order chi connectivity index (χ0) is 39.6. The predicted octanol–water partition coefficient (Wildman–Crippen LogP) is 13.0. The number of aliphatic hydroxyl groups is 4. The second-order valence-electron chi connectivity index (χ2n) is 16.8. The second-order valence-corrected chi connectivity index (χ2v) is 16.8. The molecule has 0 saturated heterocycles. The highest BCUT2D eigenvalue weighted by Gasteiger charge is 2.28. The number of allylic oxidation sites excluding steroid dienone is 2. The highest BCUT2D eigenvalue weighted by atomic mass is 16.3. The first kappa shape index (κ1) is 53.0. The number of carbonyl (C=O) groups excluding carboxylic acids is 1. The van der Waals surface area contributed by atoms with E-state index in [4.69, 9.17) is 0 Å². The van der Waals surface area contributed by atoms with Gasteiger partial charge in [0.1, 0.15) is 12.2 Å². The van der Waals surface area contributed by atoms with E-state index in [0.717, 1.165) is 38.5 Å². The lowest BCUT2D eigenvalue weighted by molar-refractivity contribution is -0.132. The number of aliphatic hydroxyl groups excluding tert-OH is 4. The molecule has 0 aromatic rings. The fourth-order valence-electron chi connectivity index (χ4n) is 7.64. The fourth-order valence-corrected chi connectivity index (χ4v) is 7.64. The number of unbranched alkanes of at least 4 members (excludes halogenated alkanes) is 33. The summed E-state index contributed by atoms with van der Waals surface area (Å²) < 4.78 is 0. The van der Waals surface area contributed by atoms with Crippen molar-refractivity contribution in [3.8, 4) is 0 Å². The number of amides is 1. The van der Waals surface area contributed by atoms with Crippen molar-refractivity contribution in [3.05, 3.63) is 12.2 Å². The Bertz CT molecular complexity index is 776. The minimum atomic E-state index is -1.26. The molecule has 322 valence electrons. The number of carbonyl (C=O) groups is 1. The lowest BCUT2D eigenvalue weighted by Crippen LogP contribution is -2.53. The van der Waals surface area contributed by atoms with E-state index in [1.165, 1.54) is 193 Å². The van der Waals surface area contributed by atoms with Gasteiger partial charge < -0.3 is 25.7 Å². The van der Waals surface area contributed by atoms with E-state index < -0.39 is 36.9 Å². The van der Waals surface area contributed by atoms with Crippen molar-refractivity contribution >= 4 is 5.91 Å². The SMILES string of the molecule is CCCCCCCCCCCCCC/C=C\CCCCCCCCCC(O)C(=O)NC(CO)C(O)C(O)CCCCCCCCCCCCCCCCC. The van der Waals surface area contributed by atoms with Gasteiger partial charge in [0, 0.05) is 0 Å². The van der Waals surface area contributed by atoms with Gasteiger partial charge in [-0.2, -0.15) is 0 Å². The number of nitrogens with one attached hydrogen (secondary N) is 1. The quantitative estimate of drug-likeness (QED) is 0.0313. The molecule has 5 N–H and O–H groups in total. The molecule has 6 heteroatoms. The van der Waals surface area contributed by atoms with Crippen LogP contribution < -0.4 is 5.32 Å². The lowest BCUT2D eigenvalue weighted by atomic mass is 9.99. The first-order valence-corrected chi connectivity index (χ1v) is 24.1. The first-order valence-electron chi connectivity index (χ1n) is 24.1. The summed E-state index contributed by atoms with van der Waals surface area (Å²) in [5.74, 6) is -0.584. The van der Waals surface area contributed by atoms with Gasteiger partial charge in [-0.1, -0.05) is 231 Å². The molecule has 0 heterocycles. The van der Waals surface area contributed by atoms with Gasteiger partial charge >= 0.3 is 0 Å². The highest BCUT2D eigenvalue weighted by molar-refractivity contribution is 5.80. The van der Waals surface area contributed by atoms with Crippen LogP contribution in [-0.4, -0.2) is 57.3 Å². The molecule has 0 aromatic heterocycles. The van der Waals surface area contributed by atoms with Gasteiger partial charge in [-0.25, -0.2) is 0 Å². The van der Waals surface area contributed by atoms with Crippen LogP contribution in [0.4, 0.5) is 0 Å². The van der Waals surface area contributed by atoms with Gasteiger partial charge in [0.05, 0.1) is 18.8 Å². The van der Waals surface area contributed by atoms with Gasteiger partial charge in [-0.05, 0) is 38.5 Å². The molecule has 1 amide bonds. The van der Waals surface area contributed by atoms with Crippen molar-refractivity contribution in [2.75, 3.05) is 6.61 Å². The Morgan fingerprint density at radius 1 is 0.444 bits per heavy atom. The summed E-state index contributed by atoms with van der Waals surface area (Å²) in [7, 11) is 0. The molecule has 0 rings (SSSR count). The summed E-state index contributed by atoms with van der Waals surface area (Å²) in [4.78, 5) is 12.5. The fraction of sp³-hybridized carbons (Fsp3) is 0.938. The molecular weight excluding hydrogens is 671 g/mol. The molecule has 0 radical (unpaired) electrons. The standard InChI is InChI=1S/C48H95NO5/c1-3-5-7-9-11-13-15-17-19-20-21-22-23-24-25-26-28-30-32-34-36-38-40-42-46(52)48(54)49-44(43-50)47(53)45(51)41-39-37-35-33-31-29-27-18-16-14-12-10-8-6-4-2/h24-25,44-47,50-53H,3-23,26-43H2,1-2H3,(H,49,54)/b25-24-. The maximum Gasteiger partial charge on any atom is 0.249 e. The van der Waals surface area contributed by atoms with Crippen LogP contribution in [0.5, 0.6) is 0 Å². The molecule has 0 aliphatic heterocycles. The first-order chi connectivity index (χ1) is 26.5. The summed E-state index contributed by atoms with van der Waals surface area (Å²) in [6.45, 7) is 4.07. The molecule has 6 nitrogen and oxygen atoms in total. The normalized spacial score (nSPS) is 14.1. The van der Waals surface area contributed by atoms with Crippen molar-refractivity contribution in [1.82, 2.24) is 5.32 Å². The van der Waals surface area contributed by atoms with E-state index in [-0.39, 0.29) is 0 Å². The van der Waals surface area contributed by atoms with E-state index in [2.05, 4.69) is 31.3 Å². The van der Waals surface area contributed by atoms with Gasteiger partial charge in [0.2, 0.25) is 5.91 Å². The minimum Gasteiger partial charge on any atom is -0.394 e. The van der Waals surface area contributed by atoms with Crippen molar-refractivity contribution in [1.29, 1.82) is 0 Å². The largest absolute Gasteiger partial charge is 0.394 e. The van der Waals surface area contributed by atoms with E-state index in [0.29, 0.717) is 12.8 Å². The van der Waals surface area contributed by atoms with Crippen LogP contribution in [0, 0.1) is 0 Å². The summed E-state index contributed by atoms with van der Waals surface area (Å²) >= 11 is 0. The van der Waals surface area contributed by atoms with Gasteiger partial charge in [-0.3, -0.25) is 4.79 Å². The van der Waals surface area contributed by atoms with E-state index in [1.807, 2.05) is 0 Å². The molecule has 0 spiro atoms. The summed E-state index contributed by atoms with van der Waals surface area (Å²) in [6.07, 6.45) is 48.2. The van der Waals surface area contributed by atoms with Crippen molar-refractivity contribution in [2.24, 2.45) is 0 Å². The second kappa shape index (κ2) is 43.2. The Morgan fingerprint density at radius 3 is 1.07 bits per heavy atom. The van der Waals surface area contributed by atoms with E-state index >= 15 is 0 Å². The maximum atomic E-state index is 12.5. The minimum absolute atomic E-state index is 0.367. The Kier molecular flexibility index (Phi) is 42.4. The van der Waals surface area contributed by atoms with Crippen molar-refractivity contribution in [2.45, 2.75) is 282 Å². The zero-order valence-corrected chi connectivity index (χ0v) is 36.2. The van der Waals surface area contributed by atoms with Crippen LogP contribution in [0.25, 0.3) is 0 Å². The molecule has 0 fully saturated rings. The molecule has 4 unspecified atom stereocenters. The molecular formula is C48H95NO5. The highest BCUT2D eigenvalue weighted by Crippen LogP contribution is 2.17. The Labute approximate surface area is 336 Å². The van der Waals surface area contributed by atoms with Crippen LogP contribution in [0.2, 0.25) is 0 Å². The molecule has 54 heavy (non-hydrogen) atoms. The average Bonchev–Trinajstić information content (AvgIpc) is 3.18. The van der Waals surface area contributed by atoms with Crippen LogP contribution in [0.1, 0.15) is 258 Å². The third-order valence-corrected chi connectivity index (χ3v) is 11.5. The summed E-state index contributed by atoms with van der Waals surface area (Å²) in [5, 5.41) is 43.8. The molecule has 0 aliphatic rings. The Morgan fingerprint density at radius 2 is 0.741 bits per heavy atom. The van der Waals surface area contributed by atoms with Crippen LogP contribution in [0.3, 0.4) is 0 Å². The monoisotopic (exact) mass is 766 g/mol. The van der Waals surface area contributed by atoms with Gasteiger partial charge in [0.25, 0.3) is 0 Å². The summed E-state index contributed by atoms with van der Waals surface area (Å²) in [5.41, 5.74) is 0. The Balaban J connectivity index is 3.68. The van der Waals surface area contributed by atoms with Crippen LogP contribution in [-0.2, 0) is 4.79 Å². The third-order valence-electron chi connectivity index (χ3n) is 11.5. The topological polar surface area (TPSA) is 110 Å². The zero-order valence-electron chi connectivity index (χ0n) is 36.2. The molecule has 0 saturated carbocycles.